The summed E-state index contributed by atoms with van der Waals surface area (Å²) in [4.78, 5) is 27.1. The second-order valence-corrected chi connectivity index (χ2v) is 5.57. The van der Waals surface area contributed by atoms with Gasteiger partial charge < -0.3 is 15.2 Å². The van der Waals surface area contributed by atoms with Crippen molar-refractivity contribution >= 4 is 35.0 Å². The molecule has 2 N–H and O–H groups in total. The lowest BCUT2D eigenvalue weighted by molar-refractivity contribution is -0.147. The summed E-state index contributed by atoms with van der Waals surface area (Å²) in [6.45, 7) is 0.529. The number of aliphatic carboxylic acids is 1. The van der Waals surface area contributed by atoms with Crippen molar-refractivity contribution in [2.24, 2.45) is 10.9 Å². The van der Waals surface area contributed by atoms with Gasteiger partial charge in [-0.2, -0.15) is 0 Å². The first-order chi connectivity index (χ1) is 11.1. The van der Waals surface area contributed by atoms with Crippen LogP contribution < -0.4 is 5.32 Å². The topological polar surface area (TPSA) is 88.0 Å². The molecule has 0 fully saturated rings. The van der Waals surface area contributed by atoms with Gasteiger partial charge >= 0.3 is 11.9 Å². The highest BCUT2D eigenvalue weighted by atomic mass is 32.1. The Bertz CT molecular complexity index is 616. The van der Waals surface area contributed by atoms with Crippen LogP contribution >= 0.6 is 12.2 Å². The van der Waals surface area contributed by atoms with Crippen molar-refractivity contribution < 1.29 is 19.4 Å². The van der Waals surface area contributed by atoms with Crippen LogP contribution in [0.1, 0.15) is 24.8 Å². The molecule has 122 valence electrons. The fourth-order valence-corrected chi connectivity index (χ4v) is 2.46. The number of carbonyl (C=O) groups excluding carboxylic acids is 1. The number of nitrogens with one attached hydrogen (secondary N) is 1. The van der Waals surface area contributed by atoms with Gasteiger partial charge in [-0.25, -0.2) is 4.99 Å². The molecule has 1 aliphatic heterocycles. The number of benzene rings is 1. The maximum absolute atomic E-state index is 12.3. The molecule has 0 bridgehead atoms. The summed E-state index contributed by atoms with van der Waals surface area (Å²) < 4.78 is 5.34. The first-order valence-corrected chi connectivity index (χ1v) is 7.74. The number of hydrogen-bond donors (Lipinski definition) is 2. The Morgan fingerprint density at radius 2 is 2.09 bits per heavy atom. The van der Waals surface area contributed by atoms with Gasteiger partial charge in [-0.3, -0.25) is 9.59 Å². The second-order valence-electron chi connectivity index (χ2n) is 5.18. The number of carboxylic acid groups (broad SMARTS) is 1. The molecule has 23 heavy (non-hydrogen) atoms. The molecule has 7 heteroatoms. The highest BCUT2D eigenvalue weighted by molar-refractivity contribution is 7.80. The molecule has 1 aromatic carbocycles. The van der Waals surface area contributed by atoms with Gasteiger partial charge in [-0.1, -0.05) is 30.3 Å². The Morgan fingerprint density at radius 3 is 2.78 bits per heavy atom. The summed E-state index contributed by atoms with van der Waals surface area (Å²) in [7, 11) is 0. The van der Waals surface area contributed by atoms with E-state index in [0.29, 0.717) is 30.2 Å². The third-order valence-electron chi connectivity index (χ3n) is 3.44. The standard InChI is InChI=1S/C16H18N2O4S/c19-14(20)8-4-7-13-12(9-17-16(23)18-13)15(21)22-10-11-5-2-1-3-6-11/h1-3,5-6,12H,4,7-10H2,(H,17,23)(H,19,20). The molecule has 1 unspecified atom stereocenters. The molecule has 0 saturated carbocycles. The summed E-state index contributed by atoms with van der Waals surface area (Å²) >= 11 is 5.00. The van der Waals surface area contributed by atoms with E-state index in [4.69, 9.17) is 22.1 Å². The lowest BCUT2D eigenvalue weighted by atomic mass is 9.97. The maximum atomic E-state index is 12.3. The SMILES string of the molecule is O=C(O)CCCC1=NC(=S)NCC1C(=O)OCc1ccccc1. The van der Waals surface area contributed by atoms with E-state index in [2.05, 4.69) is 10.3 Å². The minimum atomic E-state index is -0.870. The Hall–Kier alpha value is -2.28. The molecular weight excluding hydrogens is 316 g/mol. The molecule has 0 saturated heterocycles. The third-order valence-corrected chi connectivity index (χ3v) is 3.67. The quantitative estimate of drug-likeness (QED) is 0.585. The van der Waals surface area contributed by atoms with Crippen LogP contribution in [-0.4, -0.2) is 34.4 Å². The average molecular weight is 334 g/mol. The average Bonchev–Trinajstić information content (AvgIpc) is 2.53. The number of nitrogens with zero attached hydrogens (tertiary/aromatic N) is 1. The molecule has 0 radical (unpaired) electrons. The first kappa shape index (κ1) is 17.1. The van der Waals surface area contributed by atoms with E-state index < -0.39 is 11.9 Å². The van der Waals surface area contributed by atoms with Crippen molar-refractivity contribution in [1.82, 2.24) is 5.32 Å². The van der Waals surface area contributed by atoms with Crippen LogP contribution in [0.2, 0.25) is 0 Å². The summed E-state index contributed by atoms with van der Waals surface area (Å²) in [6.07, 6.45) is 0.865. The number of aliphatic imine (C=N–C) groups is 1. The van der Waals surface area contributed by atoms with Crippen molar-refractivity contribution in [3.8, 4) is 0 Å². The third kappa shape index (κ3) is 5.45. The van der Waals surface area contributed by atoms with E-state index in [1.165, 1.54) is 0 Å². The molecule has 6 nitrogen and oxygen atoms in total. The number of thiocarbonyl (C=S) groups is 1. The van der Waals surface area contributed by atoms with Crippen molar-refractivity contribution in [1.29, 1.82) is 0 Å². The number of carbonyl (C=O) groups is 2. The lowest BCUT2D eigenvalue weighted by Gasteiger charge is -2.23. The second kappa shape index (κ2) is 8.38. The Balaban J connectivity index is 1.94. The van der Waals surface area contributed by atoms with Crippen LogP contribution in [-0.2, 0) is 20.9 Å². The van der Waals surface area contributed by atoms with Gasteiger partial charge in [0.2, 0.25) is 0 Å². The van der Waals surface area contributed by atoms with Gasteiger partial charge in [-0.05, 0) is 30.6 Å². The minimum Gasteiger partial charge on any atom is -0.481 e. The summed E-state index contributed by atoms with van der Waals surface area (Å²) in [5.41, 5.74) is 1.50. The van der Waals surface area contributed by atoms with Gasteiger partial charge in [0.1, 0.15) is 12.5 Å². The fourth-order valence-electron chi connectivity index (χ4n) is 2.25. The van der Waals surface area contributed by atoms with Crippen molar-refractivity contribution in [2.45, 2.75) is 25.9 Å². The molecule has 1 aromatic rings. The maximum Gasteiger partial charge on any atom is 0.316 e. The van der Waals surface area contributed by atoms with Crippen molar-refractivity contribution in [3.63, 3.8) is 0 Å². The van der Waals surface area contributed by atoms with Gasteiger partial charge in [-0.15, -0.1) is 0 Å². The molecule has 1 heterocycles. The smallest absolute Gasteiger partial charge is 0.316 e. The summed E-state index contributed by atoms with van der Waals surface area (Å²) in [5.74, 6) is -1.78. The Labute approximate surface area is 139 Å². The number of carboxylic acids is 1. The van der Waals surface area contributed by atoms with Crippen LogP contribution in [0.5, 0.6) is 0 Å². The molecular formula is C16H18N2O4S. The number of esters is 1. The highest BCUT2D eigenvalue weighted by Crippen LogP contribution is 2.14. The normalized spacial score (nSPS) is 17.1. The highest BCUT2D eigenvalue weighted by Gasteiger charge is 2.29. The van der Waals surface area contributed by atoms with Crippen LogP contribution in [0.3, 0.4) is 0 Å². The number of hydrogen-bond acceptors (Lipinski definition) is 4. The lowest BCUT2D eigenvalue weighted by Crippen LogP contribution is -2.42. The molecule has 0 spiro atoms. The Morgan fingerprint density at radius 1 is 1.35 bits per heavy atom. The first-order valence-electron chi connectivity index (χ1n) is 7.34. The molecule has 2 rings (SSSR count). The molecule has 0 amide bonds. The van der Waals surface area contributed by atoms with Crippen LogP contribution in [0.25, 0.3) is 0 Å². The van der Waals surface area contributed by atoms with Gasteiger partial charge in [0.05, 0.1) is 0 Å². The van der Waals surface area contributed by atoms with Crippen LogP contribution in [0, 0.1) is 5.92 Å². The zero-order chi connectivity index (χ0) is 16.7. The van der Waals surface area contributed by atoms with Gasteiger partial charge in [0, 0.05) is 18.7 Å². The van der Waals surface area contributed by atoms with Crippen molar-refractivity contribution in [3.05, 3.63) is 35.9 Å². The fraction of sp³-hybridized carbons (Fsp3) is 0.375. The predicted octanol–water partition coefficient (Wildman–Crippen LogP) is 1.93. The molecule has 0 aliphatic carbocycles. The largest absolute Gasteiger partial charge is 0.481 e. The van der Waals surface area contributed by atoms with Crippen LogP contribution in [0.4, 0.5) is 0 Å². The summed E-state index contributed by atoms with van der Waals surface area (Å²) in [5, 5.41) is 11.9. The van der Waals surface area contributed by atoms with E-state index in [1.54, 1.807) is 0 Å². The van der Waals surface area contributed by atoms with E-state index >= 15 is 0 Å². The zero-order valence-electron chi connectivity index (χ0n) is 12.5. The molecule has 1 aliphatic rings. The Kier molecular flexibility index (Phi) is 6.22. The monoisotopic (exact) mass is 334 g/mol. The zero-order valence-corrected chi connectivity index (χ0v) is 13.3. The van der Waals surface area contributed by atoms with E-state index in [1.807, 2.05) is 30.3 Å². The molecule has 0 aromatic heterocycles. The van der Waals surface area contributed by atoms with Crippen molar-refractivity contribution in [2.75, 3.05) is 6.54 Å². The number of ether oxygens (including phenoxy) is 1. The minimum absolute atomic E-state index is 0.0327. The predicted molar refractivity (Wildman–Crippen MR) is 89.3 cm³/mol. The number of rotatable bonds is 7. The van der Waals surface area contributed by atoms with Gasteiger partial charge in [0.15, 0.2) is 5.11 Å². The van der Waals surface area contributed by atoms with E-state index in [9.17, 15) is 9.59 Å². The van der Waals surface area contributed by atoms with E-state index in [-0.39, 0.29) is 19.0 Å². The van der Waals surface area contributed by atoms with Crippen LogP contribution in [0.15, 0.2) is 35.3 Å². The molecule has 1 atom stereocenters. The van der Waals surface area contributed by atoms with E-state index in [0.717, 1.165) is 5.56 Å². The summed E-state index contributed by atoms with van der Waals surface area (Å²) in [6, 6.07) is 9.41. The van der Waals surface area contributed by atoms with Gasteiger partial charge in [0.25, 0.3) is 0 Å².